The fraction of sp³-hybridized carbons (Fsp3) is 0.846. The molecule has 1 rings (SSSR count). The Morgan fingerprint density at radius 2 is 2.06 bits per heavy atom. The van der Waals surface area contributed by atoms with E-state index in [0.717, 1.165) is 25.9 Å². The molecular weight excluding hydrogens is 234 g/mol. The Kier molecular flexibility index (Phi) is 5.14. The highest BCUT2D eigenvalue weighted by molar-refractivity contribution is 5.86. The SMILES string of the molecule is CN(C(=O)CCC1CCCCO1)C(C)(C)C(=O)O. The molecule has 104 valence electrons. The van der Waals surface area contributed by atoms with E-state index in [4.69, 9.17) is 9.84 Å². The van der Waals surface area contributed by atoms with Crippen LogP contribution in [0.3, 0.4) is 0 Å². The van der Waals surface area contributed by atoms with Crippen molar-refractivity contribution in [2.45, 2.75) is 57.6 Å². The van der Waals surface area contributed by atoms with Crippen molar-refractivity contribution in [2.24, 2.45) is 0 Å². The minimum Gasteiger partial charge on any atom is -0.480 e. The lowest BCUT2D eigenvalue weighted by Gasteiger charge is -2.32. The molecule has 0 saturated carbocycles. The summed E-state index contributed by atoms with van der Waals surface area (Å²) in [5, 5.41) is 9.06. The van der Waals surface area contributed by atoms with Crippen LogP contribution in [0.1, 0.15) is 46.0 Å². The van der Waals surface area contributed by atoms with E-state index in [1.807, 2.05) is 0 Å². The van der Waals surface area contributed by atoms with E-state index in [-0.39, 0.29) is 12.0 Å². The van der Waals surface area contributed by atoms with E-state index in [1.165, 1.54) is 25.8 Å². The number of carbonyl (C=O) groups excluding carboxylic acids is 1. The van der Waals surface area contributed by atoms with Gasteiger partial charge in [0.05, 0.1) is 6.10 Å². The van der Waals surface area contributed by atoms with E-state index in [0.29, 0.717) is 12.8 Å². The van der Waals surface area contributed by atoms with Crippen LogP contribution < -0.4 is 0 Å². The summed E-state index contributed by atoms with van der Waals surface area (Å²) in [5.74, 6) is -1.14. The molecule has 1 saturated heterocycles. The highest BCUT2D eigenvalue weighted by atomic mass is 16.5. The summed E-state index contributed by atoms with van der Waals surface area (Å²) in [4.78, 5) is 24.3. The topological polar surface area (TPSA) is 66.8 Å². The van der Waals surface area contributed by atoms with Gasteiger partial charge in [-0.25, -0.2) is 4.79 Å². The van der Waals surface area contributed by atoms with Crippen molar-refractivity contribution < 1.29 is 19.4 Å². The van der Waals surface area contributed by atoms with Crippen LogP contribution in [0.15, 0.2) is 0 Å². The molecule has 0 radical (unpaired) electrons. The third-order valence-electron chi connectivity index (χ3n) is 3.69. The Morgan fingerprint density at radius 3 is 2.56 bits per heavy atom. The molecule has 0 aliphatic carbocycles. The smallest absolute Gasteiger partial charge is 0.329 e. The summed E-state index contributed by atoms with van der Waals surface area (Å²) < 4.78 is 5.55. The fourth-order valence-electron chi connectivity index (χ4n) is 1.94. The van der Waals surface area contributed by atoms with E-state index in [1.54, 1.807) is 0 Å². The molecule has 1 aliphatic heterocycles. The van der Waals surface area contributed by atoms with Crippen LogP contribution in [0.2, 0.25) is 0 Å². The zero-order valence-corrected chi connectivity index (χ0v) is 11.4. The highest BCUT2D eigenvalue weighted by Crippen LogP contribution is 2.19. The van der Waals surface area contributed by atoms with Crippen molar-refractivity contribution in [2.75, 3.05) is 13.7 Å². The van der Waals surface area contributed by atoms with Crippen molar-refractivity contribution in [3.63, 3.8) is 0 Å². The van der Waals surface area contributed by atoms with Gasteiger partial charge in [0.15, 0.2) is 0 Å². The summed E-state index contributed by atoms with van der Waals surface area (Å²) in [7, 11) is 1.54. The summed E-state index contributed by atoms with van der Waals surface area (Å²) >= 11 is 0. The van der Waals surface area contributed by atoms with Gasteiger partial charge in [-0.15, -0.1) is 0 Å². The van der Waals surface area contributed by atoms with Gasteiger partial charge < -0.3 is 14.7 Å². The second-order valence-corrected chi connectivity index (χ2v) is 5.34. The standard InChI is InChI=1S/C13H23NO4/c1-13(2,12(16)17)14(3)11(15)8-7-10-6-4-5-9-18-10/h10H,4-9H2,1-3H3,(H,16,17). The summed E-state index contributed by atoms with van der Waals surface area (Å²) in [6.45, 7) is 3.84. The van der Waals surface area contributed by atoms with Gasteiger partial charge in [-0.1, -0.05) is 0 Å². The van der Waals surface area contributed by atoms with Crippen molar-refractivity contribution in [1.82, 2.24) is 4.90 Å². The van der Waals surface area contributed by atoms with Crippen LogP contribution in [-0.2, 0) is 14.3 Å². The minimum absolute atomic E-state index is 0.142. The number of nitrogens with zero attached hydrogens (tertiary/aromatic N) is 1. The van der Waals surface area contributed by atoms with Gasteiger partial charge in [0.1, 0.15) is 5.54 Å². The van der Waals surface area contributed by atoms with Gasteiger partial charge in [0.25, 0.3) is 0 Å². The van der Waals surface area contributed by atoms with Crippen molar-refractivity contribution in [3.8, 4) is 0 Å². The summed E-state index contributed by atoms with van der Waals surface area (Å²) in [6, 6.07) is 0. The maximum Gasteiger partial charge on any atom is 0.329 e. The molecule has 1 aliphatic rings. The third-order valence-corrected chi connectivity index (χ3v) is 3.69. The average Bonchev–Trinajstić information content (AvgIpc) is 2.36. The van der Waals surface area contributed by atoms with Crippen molar-refractivity contribution in [1.29, 1.82) is 0 Å². The average molecular weight is 257 g/mol. The predicted molar refractivity (Wildman–Crippen MR) is 67.3 cm³/mol. The molecule has 1 amide bonds. The van der Waals surface area contributed by atoms with Gasteiger partial charge in [-0.2, -0.15) is 0 Å². The van der Waals surface area contributed by atoms with E-state index < -0.39 is 11.5 Å². The van der Waals surface area contributed by atoms with E-state index in [2.05, 4.69) is 0 Å². The quantitative estimate of drug-likeness (QED) is 0.813. The minimum atomic E-state index is -1.16. The van der Waals surface area contributed by atoms with Crippen LogP contribution in [0, 0.1) is 0 Å². The van der Waals surface area contributed by atoms with Crippen LogP contribution in [-0.4, -0.2) is 47.2 Å². The normalized spacial score (nSPS) is 20.5. The summed E-state index contributed by atoms with van der Waals surface area (Å²) in [6.07, 6.45) is 4.42. The Morgan fingerprint density at radius 1 is 1.39 bits per heavy atom. The molecule has 5 nitrogen and oxygen atoms in total. The third kappa shape index (κ3) is 3.70. The predicted octanol–water partition coefficient (Wildman–Crippen LogP) is 1.66. The van der Waals surface area contributed by atoms with Crippen LogP contribution >= 0.6 is 0 Å². The van der Waals surface area contributed by atoms with Gasteiger partial charge in [-0.3, -0.25) is 4.79 Å². The largest absolute Gasteiger partial charge is 0.480 e. The first-order valence-corrected chi connectivity index (χ1v) is 6.47. The fourth-order valence-corrected chi connectivity index (χ4v) is 1.94. The Hall–Kier alpha value is -1.10. The van der Waals surface area contributed by atoms with Gasteiger partial charge in [0.2, 0.25) is 5.91 Å². The molecular formula is C13H23NO4. The lowest BCUT2D eigenvalue weighted by molar-refractivity contribution is -0.155. The molecule has 1 unspecified atom stereocenters. The molecule has 18 heavy (non-hydrogen) atoms. The van der Waals surface area contributed by atoms with Crippen LogP contribution in [0.4, 0.5) is 0 Å². The molecule has 0 aromatic rings. The molecule has 0 aromatic heterocycles. The van der Waals surface area contributed by atoms with Crippen molar-refractivity contribution >= 4 is 11.9 Å². The number of aliphatic carboxylic acids is 1. The van der Waals surface area contributed by atoms with E-state index in [9.17, 15) is 9.59 Å². The maximum absolute atomic E-state index is 11.9. The second kappa shape index (κ2) is 6.18. The number of ether oxygens (including phenoxy) is 1. The molecule has 0 aromatic carbocycles. The molecule has 5 heteroatoms. The number of hydrogen-bond donors (Lipinski definition) is 1. The number of carbonyl (C=O) groups is 2. The first-order valence-electron chi connectivity index (χ1n) is 6.47. The number of carboxylic acids is 1. The zero-order chi connectivity index (χ0) is 13.8. The second-order valence-electron chi connectivity index (χ2n) is 5.34. The van der Waals surface area contributed by atoms with Gasteiger partial charge >= 0.3 is 5.97 Å². The van der Waals surface area contributed by atoms with Gasteiger partial charge in [0, 0.05) is 20.1 Å². The first-order chi connectivity index (χ1) is 8.35. The maximum atomic E-state index is 11.9. The summed E-state index contributed by atoms with van der Waals surface area (Å²) in [5.41, 5.74) is -1.16. The Bertz CT molecular complexity index is 308. The Labute approximate surface area is 108 Å². The van der Waals surface area contributed by atoms with Crippen LogP contribution in [0.5, 0.6) is 0 Å². The van der Waals surface area contributed by atoms with Crippen molar-refractivity contribution in [3.05, 3.63) is 0 Å². The van der Waals surface area contributed by atoms with Gasteiger partial charge in [-0.05, 0) is 39.5 Å². The van der Waals surface area contributed by atoms with E-state index >= 15 is 0 Å². The number of hydrogen-bond acceptors (Lipinski definition) is 3. The molecule has 1 N–H and O–H groups in total. The molecule has 1 fully saturated rings. The zero-order valence-electron chi connectivity index (χ0n) is 11.4. The molecule has 0 spiro atoms. The highest BCUT2D eigenvalue weighted by Gasteiger charge is 2.35. The molecule has 1 heterocycles. The Balaban J connectivity index is 2.42. The number of rotatable bonds is 5. The molecule has 1 atom stereocenters. The number of carboxylic acid groups (broad SMARTS) is 1. The lowest BCUT2D eigenvalue weighted by Crippen LogP contribution is -2.50. The number of amides is 1. The van der Waals surface area contributed by atoms with Crippen LogP contribution in [0.25, 0.3) is 0 Å². The molecule has 0 bridgehead atoms. The number of likely N-dealkylation sites (N-methyl/N-ethyl adjacent to an activating group) is 1. The first kappa shape index (κ1) is 15.0. The lowest BCUT2D eigenvalue weighted by atomic mass is 10.0. The monoisotopic (exact) mass is 257 g/mol.